The number of benzene rings is 1. The molecule has 1 aromatic carbocycles. The van der Waals surface area contributed by atoms with Crippen LogP contribution in [-0.4, -0.2) is 20.3 Å². The Balaban J connectivity index is 2.36. The Morgan fingerprint density at radius 2 is 2.08 bits per heavy atom. The van der Waals surface area contributed by atoms with Crippen molar-refractivity contribution < 1.29 is 14.2 Å². The summed E-state index contributed by atoms with van der Waals surface area (Å²) in [6, 6.07) is 6.42. The summed E-state index contributed by atoms with van der Waals surface area (Å²) in [5.41, 5.74) is 0. The van der Waals surface area contributed by atoms with Crippen LogP contribution in [0.2, 0.25) is 0 Å². The average Bonchev–Trinajstić information content (AvgIpc) is 2.17. The quantitative estimate of drug-likeness (QED) is 0.627. The molecule has 0 atom stereocenters. The summed E-state index contributed by atoms with van der Waals surface area (Å²) < 4.78 is 15.6. The molecule has 1 radical (unpaired) electrons. The smallest absolute Gasteiger partial charge is 0.165 e. The molecule has 0 unspecified atom stereocenters. The van der Waals surface area contributed by atoms with Crippen LogP contribution in [-0.2, 0) is 0 Å². The van der Waals surface area contributed by atoms with Gasteiger partial charge in [0.2, 0.25) is 0 Å². The highest BCUT2D eigenvalue weighted by molar-refractivity contribution is 5.45. The Morgan fingerprint density at radius 1 is 1.33 bits per heavy atom. The molecule has 0 fully saturated rings. The molecule has 3 nitrogen and oxygen atoms in total. The number of fused-ring (bicyclic) bond motifs is 1. The molecule has 1 aromatic rings. The minimum Gasteiger partial charge on any atom is -0.496 e. The SMILES string of the molecule is COc1[c]cc2c(c1)OCCO2. The molecule has 0 spiro atoms. The number of methoxy groups -OCH3 is 1. The van der Waals surface area contributed by atoms with Crippen molar-refractivity contribution in [1.29, 1.82) is 0 Å². The lowest BCUT2D eigenvalue weighted by atomic mass is 10.3. The van der Waals surface area contributed by atoms with Gasteiger partial charge in [-0.05, 0) is 6.07 Å². The molecule has 0 amide bonds. The van der Waals surface area contributed by atoms with Gasteiger partial charge in [-0.3, -0.25) is 0 Å². The molecule has 0 saturated heterocycles. The first-order chi connectivity index (χ1) is 5.90. The van der Waals surface area contributed by atoms with Crippen LogP contribution in [0.4, 0.5) is 0 Å². The van der Waals surface area contributed by atoms with Crippen molar-refractivity contribution in [2.24, 2.45) is 0 Å². The number of ether oxygens (including phenoxy) is 3. The van der Waals surface area contributed by atoms with E-state index in [1.54, 1.807) is 19.2 Å². The van der Waals surface area contributed by atoms with Gasteiger partial charge in [-0.2, -0.15) is 0 Å². The van der Waals surface area contributed by atoms with Crippen molar-refractivity contribution >= 4 is 0 Å². The van der Waals surface area contributed by atoms with Gasteiger partial charge < -0.3 is 14.2 Å². The highest BCUT2D eigenvalue weighted by atomic mass is 16.6. The Hall–Kier alpha value is -1.38. The van der Waals surface area contributed by atoms with Crippen LogP contribution in [0.5, 0.6) is 17.2 Å². The van der Waals surface area contributed by atoms with E-state index in [9.17, 15) is 0 Å². The lowest BCUT2D eigenvalue weighted by Crippen LogP contribution is -2.15. The van der Waals surface area contributed by atoms with E-state index in [0.29, 0.717) is 19.0 Å². The van der Waals surface area contributed by atoms with Gasteiger partial charge in [0, 0.05) is 12.1 Å². The fourth-order valence-electron chi connectivity index (χ4n) is 1.09. The van der Waals surface area contributed by atoms with Gasteiger partial charge in [0.25, 0.3) is 0 Å². The molecule has 12 heavy (non-hydrogen) atoms. The number of rotatable bonds is 1. The molecule has 0 aromatic heterocycles. The first kappa shape index (κ1) is 7.28. The van der Waals surface area contributed by atoms with Gasteiger partial charge in [0.1, 0.15) is 19.0 Å². The van der Waals surface area contributed by atoms with Crippen molar-refractivity contribution in [1.82, 2.24) is 0 Å². The Bertz CT molecular complexity index is 283. The van der Waals surface area contributed by atoms with E-state index in [2.05, 4.69) is 6.07 Å². The monoisotopic (exact) mass is 165 g/mol. The maximum atomic E-state index is 5.34. The number of hydrogen-bond acceptors (Lipinski definition) is 3. The Kier molecular flexibility index (Phi) is 1.78. The third kappa shape index (κ3) is 1.18. The fourth-order valence-corrected chi connectivity index (χ4v) is 1.09. The van der Waals surface area contributed by atoms with E-state index < -0.39 is 0 Å². The lowest BCUT2D eigenvalue weighted by Gasteiger charge is -2.18. The third-order valence-electron chi connectivity index (χ3n) is 1.67. The molecule has 1 aliphatic heterocycles. The second-order valence-electron chi connectivity index (χ2n) is 2.43. The first-order valence-electron chi connectivity index (χ1n) is 3.75. The summed E-state index contributed by atoms with van der Waals surface area (Å²) in [5, 5.41) is 0. The summed E-state index contributed by atoms with van der Waals surface area (Å²) in [6.07, 6.45) is 0. The van der Waals surface area contributed by atoms with Crippen LogP contribution in [0.15, 0.2) is 12.1 Å². The van der Waals surface area contributed by atoms with Gasteiger partial charge >= 0.3 is 0 Å². The largest absolute Gasteiger partial charge is 0.496 e. The molecule has 0 aliphatic carbocycles. The minimum atomic E-state index is 0.597. The van der Waals surface area contributed by atoms with Crippen molar-refractivity contribution in [3.05, 3.63) is 18.2 Å². The maximum Gasteiger partial charge on any atom is 0.165 e. The van der Waals surface area contributed by atoms with Gasteiger partial charge in [0.05, 0.1) is 7.11 Å². The van der Waals surface area contributed by atoms with E-state index >= 15 is 0 Å². The molecular formula is C9H9O3. The van der Waals surface area contributed by atoms with E-state index in [1.807, 2.05) is 0 Å². The second kappa shape index (κ2) is 2.93. The average molecular weight is 165 g/mol. The molecule has 0 bridgehead atoms. The van der Waals surface area contributed by atoms with Crippen molar-refractivity contribution in [2.45, 2.75) is 0 Å². The molecular weight excluding hydrogens is 156 g/mol. The standard InChI is InChI=1S/C9H9O3/c1-10-7-2-3-8-9(6-7)12-5-4-11-8/h3,6H,4-5H2,1H3. The van der Waals surface area contributed by atoms with Gasteiger partial charge in [-0.15, -0.1) is 0 Å². The van der Waals surface area contributed by atoms with Gasteiger partial charge in [-0.1, -0.05) is 0 Å². The normalized spacial score (nSPS) is 14.1. The molecule has 1 aliphatic rings. The predicted molar refractivity (Wildman–Crippen MR) is 42.8 cm³/mol. The van der Waals surface area contributed by atoms with Gasteiger partial charge in [-0.25, -0.2) is 0 Å². The van der Waals surface area contributed by atoms with Crippen LogP contribution >= 0.6 is 0 Å². The summed E-state index contributed by atoms with van der Waals surface area (Å²) in [7, 11) is 1.60. The van der Waals surface area contributed by atoms with E-state index in [1.165, 1.54) is 0 Å². The van der Waals surface area contributed by atoms with E-state index in [0.717, 1.165) is 11.5 Å². The zero-order valence-corrected chi connectivity index (χ0v) is 6.79. The topological polar surface area (TPSA) is 27.7 Å². The predicted octanol–water partition coefficient (Wildman–Crippen LogP) is 1.27. The molecule has 0 N–H and O–H groups in total. The van der Waals surface area contributed by atoms with Gasteiger partial charge in [0.15, 0.2) is 11.5 Å². The fraction of sp³-hybridized carbons (Fsp3) is 0.333. The van der Waals surface area contributed by atoms with E-state index in [4.69, 9.17) is 14.2 Å². The third-order valence-corrected chi connectivity index (χ3v) is 1.67. The second-order valence-corrected chi connectivity index (χ2v) is 2.43. The number of hydrogen-bond donors (Lipinski definition) is 0. The molecule has 3 heteroatoms. The summed E-state index contributed by atoms with van der Waals surface area (Å²) in [5.74, 6) is 2.14. The zero-order chi connectivity index (χ0) is 8.39. The van der Waals surface area contributed by atoms with E-state index in [-0.39, 0.29) is 0 Å². The molecule has 63 valence electrons. The van der Waals surface area contributed by atoms with Crippen LogP contribution in [0.3, 0.4) is 0 Å². The summed E-state index contributed by atoms with van der Waals surface area (Å²) in [4.78, 5) is 0. The minimum absolute atomic E-state index is 0.597. The summed E-state index contributed by atoms with van der Waals surface area (Å²) in [6.45, 7) is 1.20. The molecule has 0 saturated carbocycles. The van der Waals surface area contributed by atoms with Crippen molar-refractivity contribution in [3.8, 4) is 17.2 Å². The van der Waals surface area contributed by atoms with Crippen molar-refractivity contribution in [3.63, 3.8) is 0 Å². The van der Waals surface area contributed by atoms with Crippen LogP contribution in [0.1, 0.15) is 0 Å². The zero-order valence-electron chi connectivity index (χ0n) is 6.79. The highest BCUT2D eigenvalue weighted by Gasteiger charge is 2.11. The Labute approximate surface area is 70.9 Å². The molecule has 1 heterocycles. The maximum absolute atomic E-state index is 5.34. The highest BCUT2D eigenvalue weighted by Crippen LogP contribution is 2.32. The lowest BCUT2D eigenvalue weighted by molar-refractivity contribution is 0.170. The Morgan fingerprint density at radius 3 is 2.83 bits per heavy atom. The molecule has 2 rings (SSSR count). The van der Waals surface area contributed by atoms with Crippen LogP contribution in [0, 0.1) is 6.07 Å². The van der Waals surface area contributed by atoms with Crippen LogP contribution < -0.4 is 14.2 Å². The first-order valence-corrected chi connectivity index (χ1v) is 3.75. The van der Waals surface area contributed by atoms with Crippen LogP contribution in [0.25, 0.3) is 0 Å². The summed E-state index contributed by atoms with van der Waals surface area (Å²) >= 11 is 0. The van der Waals surface area contributed by atoms with Crippen molar-refractivity contribution in [2.75, 3.05) is 20.3 Å².